The molecule has 1 aromatic heterocycles. The highest BCUT2D eigenvalue weighted by atomic mass is 16.5. The molecule has 1 heterocycles. The topological polar surface area (TPSA) is 123 Å². The summed E-state index contributed by atoms with van der Waals surface area (Å²) in [6, 6.07) is 16.0. The highest BCUT2D eigenvalue weighted by Gasteiger charge is 2.29. The number of carboxylic acids is 1. The van der Waals surface area contributed by atoms with Crippen LogP contribution in [0.15, 0.2) is 60.9 Å². The largest absolute Gasteiger partial charge is 0.481 e. The Bertz CT molecular complexity index is 1160. The van der Waals surface area contributed by atoms with Crippen LogP contribution in [0, 0.1) is 0 Å². The third-order valence-corrected chi connectivity index (χ3v) is 5.73. The Morgan fingerprint density at radius 1 is 1.09 bits per heavy atom. The Morgan fingerprint density at radius 2 is 1.74 bits per heavy atom. The molecule has 9 nitrogen and oxygen atoms in total. The van der Waals surface area contributed by atoms with E-state index in [4.69, 9.17) is 9.84 Å². The fourth-order valence-corrected chi connectivity index (χ4v) is 4.15. The standard InChI is InChI=1S/C25H26N4O5/c1-16(10-11-24(31)32)27-23(30)14-29-13-17(12-26-29)28-25(33)34-15-22-20-8-4-2-6-18(20)19-7-3-5-9-21(19)22/h2-9,12-13,16,22H,10-11,14-15H2,1H3,(H,27,30)(H,28,33)(H,31,32). The lowest BCUT2D eigenvalue weighted by molar-refractivity contribution is -0.137. The van der Waals surface area contributed by atoms with Gasteiger partial charge in [0, 0.05) is 24.6 Å². The lowest BCUT2D eigenvalue weighted by Crippen LogP contribution is -2.35. The number of hydrogen-bond donors (Lipinski definition) is 3. The van der Waals surface area contributed by atoms with Gasteiger partial charge in [-0.1, -0.05) is 48.5 Å². The van der Waals surface area contributed by atoms with E-state index in [1.807, 2.05) is 24.3 Å². The van der Waals surface area contributed by atoms with Crippen molar-refractivity contribution in [2.75, 3.05) is 11.9 Å². The Hall–Kier alpha value is -4.14. The molecule has 2 aromatic carbocycles. The number of aromatic nitrogens is 2. The van der Waals surface area contributed by atoms with E-state index in [1.165, 1.54) is 17.1 Å². The van der Waals surface area contributed by atoms with Gasteiger partial charge in [0.1, 0.15) is 13.2 Å². The number of aliphatic carboxylic acids is 1. The Balaban J connectivity index is 1.29. The molecule has 3 N–H and O–H groups in total. The van der Waals surface area contributed by atoms with Gasteiger partial charge in [-0.2, -0.15) is 5.10 Å². The smallest absolute Gasteiger partial charge is 0.411 e. The summed E-state index contributed by atoms with van der Waals surface area (Å²) in [5.74, 6) is -1.24. The monoisotopic (exact) mass is 462 g/mol. The normalized spacial score (nSPS) is 13.0. The molecule has 0 saturated heterocycles. The average molecular weight is 463 g/mol. The second-order valence-corrected chi connectivity index (χ2v) is 8.28. The van der Waals surface area contributed by atoms with Crippen molar-refractivity contribution in [2.45, 2.75) is 38.3 Å². The predicted molar refractivity (Wildman–Crippen MR) is 125 cm³/mol. The third kappa shape index (κ3) is 5.43. The number of nitrogens with zero attached hydrogens (tertiary/aromatic N) is 2. The van der Waals surface area contributed by atoms with Crippen molar-refractivity contribution in [3.8, 4) is 11.1 Å². The molecule has 0 aliphatic heterocycles. The summed E-state index contributed by atoms with van der Waals surface area (Å²) in [4.78, 5) is 35.1. The lowest BCUT2D eigenvalue weighted by atomic mass is 9.98. The van der Waals surface area contributed by atoms with Crippen LogP contribution < -0.4 is 10.6 Å². The molecule has 0 spiro atoms. The average Bonchev–Trinajstić information content (AvgIpc) is 3.38. The van der Waals surface area contributed by atoms with E-state index in [9.17, 15) is 14.4 Å². The number of nitrogens with one attached hydrogen (secondary N) is 2. The first-order valence-corrected chi connectivity index (χ1v) is 11.1. The molecule has 3 aromatic rings. The third-order valence-electron chi connectivity index (χ3n) is 5.73. The fraction of sp³-hybridized carbons (Fsp3) is 0.280. The van der Waals surface area contributed by atoms with Crippen LogP contribution in [0.5, 0.6) is 0 Å². The molecule has 0 radical (unpaired) electrons. The number of carboxylic acid groups (broad SMARTS) is 1. The van der Waals surface area contributed by atoms with Crippen LogP contribution in [0.25, 0.3) is 11.1 Å². The van der Waals surface area contributed by atoms with Crippen LogP contribution in [0.4, 0.5) is 10.5 Å². The molecule has 2 amide bonds. The zero-order chi connectivity index (χ0) is 24.1. The summed E-state index contributed by atoms with van der Waals surface area (Å²) in [7, 11) is 0. The van der Waals surface area contributed by atoms with Gasteiger partial charge in [-0.25, -0.2) is 4.79 Å². The van der Waals surface area contributed by atoms with E-state index >= 15 is 0 Å². The maximum absolute atomic E-state index is 12.4. The van der Waals surface area contributed by atoms with Gasteiger partial charge in [0.2, 0.25) is 5.91 Å². The minimum Gasteiger partial charge on any atom is -0.481 e. The number of hydrogen-bond acceptors (Lipinski definition) is 5. The summed E-state index contributed by atoms with van der Waals surface area (Å²) in [6.07, 6.45) is 2.69. The van der Waals surface area contributed by atoms with Gasteiger partial charge in [-0.15, -0.1) is 0 Å². The predicted octanol–water partition coefficient (Wildman–Crippen LogP) is 3.61. The number of fused-ring (bicyclic) bond motifs is 3. The van der Waals surface area contributed by atoms with Crippen molar-refractivity contribution in [3.05, 3.63) is 72.1 Å². The maximum Gasteiger partial charge on any atom is 0.411 e. The molecular formula is C25H26N4O5. The van der Waals surface area contributed by atoms with Gasteiger partial charge >= 0.3 is 12.1 Å². The van der Waals surface area contributed by atoms with Crippen molar-refractivity contribution in [3.63, 3.8) is 0 Å². The molecular weight excluding hydrogens is 436 g/mol. The van der Waals surface area contributed by atoms with Crippen LogP contribution >= 0.6 is 0 Å². The van der Waals surface area contributed by atoms with E-state index < -0.39 is 12.1 Å². The van der Waals surface area contributed by atoms with E-state index in [2.05, 4.69) is 40.0 Å². The number of carbonyl (C=O) groups is 3. The number of ether oxygens (including phenoxy) is 1. The number of amides is 2. The summed E-state index contributed by atoms with van der Waals surface area (Å²) in [6.45, 7) is 1.89. The van der Waals surface area contributed by atoms with Crippen LogP contribution in [-0.2, 0) is 20.9 Å². The van der Waals surface area contributed by atoms with E-state index in [-0.39, 0.29) is 37.4 Å². The molecule has 1 aliphatic rings. The Kier molecular flexibility index (Phi) is 6.91. The second kappa shape index (κ2) is 10.2. The number of benzene rings is 2. The van der Waals surface area contributed by atoms with Crippen LogP contribution in [0.3, 0.4) is 0 Å². The van der Waals surface area contributed by atoms with E-state index in [0.29, 0.717) is 12.1 Å². The summed E-state index contributed by atoms with van der Waals surface area (Å²) < 4.78 is 6.91. The molecule has 176 valence electrons. The van der Waals surface area contributed by atoms with Gasteiger partial charge in [-0.05, 0) is 35.6 Å². The molecule has 4 rings (SSSR count). The van der Waals surface area contributed by atoms with E-state index in [1.54, 1.807) is 6.92 Å². The number of carbonyl (C=O) groups excluding carboxylic acids is 2. The van der Waals surface area contributed by atoms with E-state index in [0.717, 1.165) is 22.3 Å². The van der Waals surface area contributed by atoms with Crippen LogP contribution in [-0.4, -0.2) is 45.5 Å². The highest BCUT2D eigenvalue weighted by molar-refractivity contribution is 5.85. The minimum atomic E-state index is -0.905. The van der Waals surface area contributed by atoms with Crippen molar-refractivity contribution < 1.29 is 24.2 Å². The molecule has 1 atom stereocenters. The van der Waals surface area contributed by atoms with Gasteiger partial charge in [-0.3, -0.25) is 19.6 Å². The molecule has 1 aliphatic carbocycles. The van der Waals surface area contributed by atoms with Crippen molar-refractivity contribution >= 4 is 23.7 Å². The zero-order valence-corrected chi connectivity index (χ0v) is 18.7. The molecule has 0 saturated carbocycles. The summed E-state index contributed by atoms with van der Waals surface area (Å²) in [5, 5.41) is 18.2. The number of rotatable bonds is 9. The second-order valence-electron chi connectivity index (χ2n) is 8.28. The molecule has 0 fully saturated rings. The first-order chi connectivity index (χ1) is 16.4. The fourth-order valence-electron chi connectivity index (χ4n) is 4.15. The molecule has 0 bridgehead atoms. The molecule has 1 unspecified atom stereocenters. The van der Waals surface area contributed by atoms with Gasteiger partial charge in [0.15, 0.2) is 0 Å². The van der Waals surface area contributed by atoms with Crippen molar-refractivity contribution in [1.29, 1.82) is 0 Å². The van der Waals surface area contributed by atoms with Gasteiger partial charge in [0.05, 0.1) is 11.9 Å². The van der Waals surface area contributed by atoms with Crippen LogP contribution in [0.1, 0.15) is 36.8 Å². The Labute approximate surface area is 196 Å². The van der Waals surface area contributed by atoms with Crippen molar-refractivity contribution in [2.24, 2.45) is 0 Å². The summed E-state index contributed by atoms with van der Waals surface area (Å²) in [5.41, 5.74) is 4.98. The summed E-state index contributed by atoms with van der Waals surface area (Å²) >= 11 is 0. The van der Waals surface area contributed by atoms with Crippen LogP contribution in [0.2, 0.25) is 0 Å². The number of anilines is 1. The first-order valence-electron chi connectivity index (χ1n) is 11.1. The first kappa shape index (κ1) is 23.0. The lowest BCUT2D eigenvalue weighted by Gasteiger charge is -2.14. The van der Waals surface area contributed by atoms with Gasteiger partial charge < -0.3 is 15.2 Å². The molecule has 34 heavy (non-hydrogen) atoms. The quantitative estimate of drug-likeness (QED) is 0.446. The van der Waals surface area contributed by atoms with Crippen molar-refractivity contribution in [1.82, 2.24) is 15.1 Å². The maximum atomic E-state index is 12.4. The molecule has 9 heteroatoms. The zero-order valence-electron chi connectivity index (χ0n) is 18.7. The minimum absolute atomic E-state index is 0.0164. The highest BCUT2D eigenvalue weighted by Crippen LogP contribution is 2.44. The SMILES string of the molecule is CC(CCC(=O)O)NC(=O)Cn1cc(NC(=O)OCC2c3ccccc3-c3ccccc32)cn1. The Morgan fingerprint density at radius 3 is 2.38 bits per heavy atom. The van der Waals surface area contributed by atoms with Gasteiger partial charge in [0.25, 0.3) is 0 Å².